The van der Waals surface area contributed by atoms with Crippen LogP contribution in [0.1, 0.15) is 31.2 Å². The lowest BCUT2D eigenvalue weighted by atomic mass is 9.98. The van der Waals surface area contributed by atoms with Gasteiger partial charge in [0.2, 0.25) is 10.0 Å². The number of rotatable bonds is 7. The van der Waals surface area contributed by atoms with Gasteiger partial charge in [-0.05, 0) is 24.5 Å². The molecular formula is C19H28ClF3N4O5S. The van der Waals surface area contributed by atoms with Crippen LogP contribution in [0.25, 0.3) is 0 Å². The summed E-state index contributed by atoms with van der Waals surface area (Å²) in [7, 11) is -4.05. The fraction of sp³-hybridized carbons (Fsp3) is 0.684. The monoisotopic (exact) mass is 516 g/mol. The van der Waals surface area contributed by atoms with Crippen molar-refractivity contribution in [3.05, 3.63) is 23.9 Å². The summed E-state index contributed by atoms with van der Waals surface area (Å²) in [5.41, 5.74) is 2.20. The fourth-order valence-electron chi connectivity index (χ4n) is 4.05. The van der Waals surface area contributed by atoms with Crippen LogP contribution in [0.15, 0.2) is 18.3 Å². The number of hydrogen-bond acceptors (Lipinski definition) is 7. The van der Waals surface area contributed by atoms with E-state index in [1.165, 1.54) is 16.0 Å². The minimum Gasteiger partial charge on any atom is -0.381 e. The van der Waals surface area contributed by atoms with Crippen LogP contribution >= 0.6 is 12.4 Å². The molecule has 1 amide bonds. The number of piperazine rings is 1. The molecule has 2 aliphatic rings. The minimum absolute atomic E-state index is 0. The predicted octanol–water partition coefficient (Wildman–Crippen LogP) is 1.89. The van der Waals surface area contributed by atoms with Gasteiger partial charge in [0.25, 0.3) is 5.91 Å². The smallest absolute Gasteiger partial charge is 0.381 e. The standard InChI is InChI=1S/C19H27F3N4O5S.ClH/c20-19(21,22)5-1-2-15-3-4-16(23-14-15)25-8-10-26(11-9-25)32(29,30)18(17(27)24-28)6-12-31-13-7-18;/h3-4,14,28H,1-2,5-13H2,(H,24,27);1H. The van der Waals surface area contributed by atoms with E-state index in [9.17, 15) is 26.4 Å². The Morgan fingerprint density at radius 2 is 1.82 bits per heavy atom. The summed E-state index contributed by atoms with van der Waals surface area (Å²) in [5, 5.41) is 9.13. The number of pyridine rings is 1. The van der Waals surface area contributed by atoms with Crippen LogP contribution in [-0.2, 0) is 26.0 Å². The number of nitrogens with zero attached hydrogens (tertiary/aromatic N) is 3. The third kappa shape index (κ3) is 6.27. The number of nitrogens with one attached hydrogen (secondary N) is 1. The highest BCUT2D eigenvalue weighted by Crippen LogP contribution is 2.33. The van der Waals surface area contributed by atoms with Crippen molar-refractivity contribution < 1.29 is 36.3 Å². The molecular weight excluding hydrogens is 489 g/mol. The van der Waals surface area contributed by atoms with Crippen molar-refractivity contribution >= 4 is 34.2 Å². The van der Waals surface area contributed by atoms with Gasteiger partial charge < -0.3 is 9.64 Å². The Morgan fingerprint density at radius 1 is 1.18 bits per heavy atom. The number of carbonyl (C=O) groups is 1. The molecule has 2 N–H and O–H groups in total. The second-order valence-electron chi connectivity index (χ2n) is 7.93. The Hall–Kier alpha value is -1.67. The van der Waals surface area contributed by atoms with Crippen molar-refractivity contribution in [3.63, 3.8) is 0 Å². The lowest BCUT2D eigenvalue weighted by Gasteiger charge is -2.41. The summed E-state index contributed by atoms with van der Waals surface area (Å²) >= 11 is 0. The highest BCUT2D eigenvalue weighted by molar-refractivity contribution is 7.91. The molecule has 188 valence electrons. The topological polar surface area (TPSA) is 112 Å². The summed E-state index contributed by atoms with van der Waals surface area (Å²) in [6, 6.07) is 3.44. The molecule has 0 atom stereocenters. The van der Waals surface area contributed by atoms with Gasteiger partial charge in [-0.3, -0.25) is 10.0 Å². The van der Waals surface area contributed by atoms with Crippen LogP contribution in [0, 0.1) is 0 Å². The number of amides is 1. The number of hydrogen-bond donors (Lipinski definition) is 2. The van der Waals surface area contributed by atoms with E-state index < -0.39 is 33.3 Å². The van der Waals surface area contributed by atoms with Crippen molar-refractivity contribution in [2.75, 3.05) is 44.3 Å². The van der Waals surface area contributed by atoms with Gasteiger partial charge in [0, 0.05) is 64.9 Å². The Balaban J connectivity index is 0.00000385. The Labute approximate surface area is 196 Å². The summed E-state index contributed by atoms with van der Waals surface area (Å²) < 4.78 is 68.2. The summed E-state index contributed by atoms with van der Waals surface area (Å²) in [4.78, 5) is 18.5. The minimum atomic E-state index is -4.17. The highest BCUT2D eigenvalue weighted by atomic mass is 35.5. The number of hydroxylamine groups is 1. The first-order valence-corrected chi connectivity index (χ1v) is 11.8. The molecule has 3 heterocycles. The predicted molar refractivity (Wildman–Crippen MR) is 116 cm³/mol. The van der Waals surface area contributed by atoms with Gasteiger partial charge in [-0.2, -0.15) is 17.5 Å². The first kappa shape index (κ1) is 27.6. The van der Waals surface area contributed by atoms with Crippen molar-refractivity contribution in [1.29, 1.82) is 0 Å². The number of aryl methyl sites for hydroxylation is 1. The lowest BCUT2D eigenvalue weighted by Crippen LogP contribution is -2.62. The zero-order valence-corrected chi connectivity index (χ0v) is 19.5. The Morgan fingerprint density at radius 3 is 2.33 bits per heavy atom. The summed E-state index contributed by atoms with van der Waals surface area (Å²) in [6.07, 6.45) is -3.29. The molecule has 9 nitrogen and oxygen atoms in total. The molecule has 0 bridgehead atoms. The van der Waals surface area contributed by atoms with E-state index in [0.29, 0.717) is 24.5 Å². The number of anilines is 1. The molecule has 2 fully saturated rings. The molecule has 2 saturated heterocycles. The van der Waals surface area contributed by atoms with Gasteiger partial charge in [0.05, 0.1) is 0 Å². The second-order valence-corrected chi connectivity index (χ2v) is 10.2. The van der Waals surface area contributed by atoms with Crippen LogP contribution < -0.4 is 10.4 Å². The first-order chi connectivity index (χ1) is 15.1. The van der Waals surface area contributed by atoms with E-state index in [2.05, 4.69) is 4.98 Å². The van der Waals surface area contributed by atoms with E-state index in [1.54, 1.807) is 12.1 Å². The molecule has 1 aromatic heterocycles. The van der Waals surface area contributed by atoms with Crippen molar-refractivity contribution in [1.82, 2.24) is 14.8 Å². The van der Waals surface area contributed by atoms with Gasteiger partial charge in [-0.1, -0.05) is 6.07 Å². The lowest BCUT2D eigenvalue weighted by molar-refractivity contribution is -0.135. The van der Waals surface area contributed by atoms with Gasteiger partial charge in [0.15, 0.2) is 4.75 Å². The second kappa shape index (κ2) is 11.2. The van der Waals surface area contributed by atoms with E-state index in [0.717, 1.165) is 0 Å². The molecule has 3 rings (SSSR count). The molecule has 0 saturated carbocycles. The van der Waals surface area contributed by atoms with Gasteiger partial charge in [0.1, 0.15) is 5.82 Å². The van der Waals surface area contributed by atoms with Gasteiger partial charge >= 0.3 is 6.18 Å². The molecule has 0 aromatic carbocycles. The Kier molecular flexibility index (Phi) is 9.33. The quantitative estimate of drug-likeness (QED) is 0.420. The molecule has 2 aliphatic heterocycles. The first-order valence-electron chi connectivity index (χ1n) is 10.4. The molecule has 0 radical (unpaired) electrons. The van der Waals surface area contributed by atoms with Crippen LogP contribution in [0.3, 0.4) is 0 Å². The van der Waals surface area contributed by atoms with E-state index in [-0.39, 0.29) is 64.4 Å². The van der Waals surface area contributed by atoms with Crippen LogP contribution in [0.2, 0.25) is 0 Å². The van der Waals surface area contributed by atoms with Crippen molar-refractivity contribution in [2.45, 2.75) is 43.0 Å². The average molecular weight is 517 g/mol. The van der Waals surface area contributed by atoms with Crippen LogP contribution in [0.4, 0.5) is 19.0 Å². The largest absolute Gasteiger partial charge is 0.389 e. The van der Waals surface area contributed by atoms with Crippen molar-refractivity contribution in [2.24, 2.45) is 0 Å². The maximum absolute atomic E-state index is 13.3. The number of ether oxygens (including phenoxy) is 1. The molecule has 33 heavy (non-hydrogen) atoms. The number of carbonyl (C=O) groups excluding carboxylic acids is 1. The van der Waals surface area contributed by atoms with Crippen molar-refractivity contribution in [3.8, 4) is 0 Å². The maximum atomic E-state index is 13.3. The SMILES string of the molecule is Cl.O=C(NO)C1(S(=O)(=O)N2CCN(c3ccc(CCCC(F)(F)F)cn3)CC2)CCOCC1. The third-order valence-corrected chi connectivity index (χ3v) is 8.57. The molecule has 0 unspecified atom stereocenters. The number of alkyl halides is 3. The number of aromatic nitrogens is 1. The maximum Gasteiger partial charge on any atom is 0.389 e. The third-order valence-electron chi connectivity index (χ3n) is 5.95. The zero-order valence-electron chi connectivity index (χ0n) is 17.9. The molecule has 0 spiro atoms. The van der Waals surface area contributed by atoms with Gasteiger partial charge in [-0.15, -0.1) is 12.4 Å². The van der Waals surface area contributed by atoms with E-state index >= 15 is 0 Å². The number of sulfonamides is 1. The van der Waals surface area contributed by atoms with E-state index in [1.807, 2.05) is 4.90 Å². The highest BCUT2D eigenvalue weighted by Gasteiger charge is 2.54. The fourth-order valence-corrected chi connectivity index (χ4v) is 6.16. The average Bonchev–Trinajstić information content (AvgIpc) is 2.78. The summed E-state index contributed by atoms with van der Waals surface area (Å²) in [5.74, 6) is -0.346. The van der Waals surface area contributed by atoms with Gasteiger partial charge in [-0.25, -0.2) is 18.9 Å². The number of halogens is 4. The molecule has 14 heteroatoms. The molecule has 1 aromatic rings. The zero-order chi connectivity index (χ0) is 23.4. The Bertz CT molecular complexity index is 888. The summed E-state index contributed by atoms with van der Waals surface area (Å²) in [6.45, 7) is 1.16. The normalized spacial score (nSPS) is 19.6. The van der Waals surface area contributed by atoms with Crippen LogP contribution in [-0.4, -0.2) is 79.1 Å². The molecule has 0 aliphatic carbocycles. The van der Waals surface area contributed by atoms with Crippen LogP contribution in [0.5, 0.6) is 0 Å². The van der Waals surface area contributed by atoms with E-state index in [4.69, 9.17) is 9.94 Å².